The van der Waals surface area contributed by atoms with Crippen LogP contribution in [0.2, 0.25) is 0 Å². The standard InChI is InChI=1S/C21H28Cl2N4O/c1-13-5-6-15(22)19(23)20(13)27-14(2)25-17(12-18(27)28)26-10-8-21(9-11-26)7-3-4-16(21)24/h6,12-13,16H,3-5,7-11,24H2,1-2H3/t13?,16-/m1/s1. The Kier molecular flexibility index (Phi) is 5.36. The van der Waals surface area contributed by atoms with Gasteiger partial charge in [-0.3, -0.25) is 9.36 Å². The minimum Gasteiger partial charge on any atom is -0.356 e. The number of aromatic nitrogens is 2. The van der Waals surface area contributed by atoms with Crippen LogP contribution in [0.1, 0.15) is 51.3 Å². The number of nitrogens with two attached hydrogens (primary N) is 1. The number of hydrogen-bond acceptors (Lipinski definition) is 4. The third-order valence-corrected chi connectivity index (χ3v) is 7.76. The molecule has 1 aromatic rings. The second-order valence-corrected chi connectivity index (χ2v) is 9.36. The first-order chi connectivity index (χ1) is 13.3. The fraction of sp³-hybridized carbons (Fsp3) is 0.619. The van der Waals surface area contributed by atoms with Gasteiger partial charge in [0.25, 0.3) is 5.56 Å². The van der Waals surface area contributed by atoms with Gasteiger partial charge in [-0.05, 0) is 44.4 Å². The molecule has 152 valence electrons. The van der Waals surface area contributed by atoms with Crippen LogP contribution < -0.4 is 16.2 Å². The first kappa shape index (κ1) is 20.0. The molecule has 5 nitrogen and oxygen atoms in total. The van der Waals surface area contributed by atoms with E-state index in [0.29, 0.717) is 27.3 Å². The van der Waals surface area contributed by atoms with Crippen molar-refractivity contribution in [3.8, 4) is 0 Å². The highest BCUT2D eigenvalue weighted by Gasteiger charge is 2.43. The monoisotopic (exact) mass is 422 g/mol. The third-order valence-electron chi connectivity index (χ3n) is 6.93. The summed E-state index contributed by atoms with van der Waals surface area (Å²) in [6, 6.07) is 1.95. The molecule has 28 heavy (non-hydrogen) atoms. The predicted molar refractivity (Wildman–Crippen MR) is 116 cm³/mol. The number of nitrogens with zero attached hydrogens (tertiary/aromatic N) is 3. The molecule has 2 heterocycles. The lowest BCUT2D eigenvalue weighted by atomic mass is 9.74. The molecule has 7 heteroatoms. The predicted octanol–water partition coefficient (Wildman–Crippen LogP) is 4.22. The summed E-state index contributed by atoms with van der Waals surface area (Å²) < 4.78 is 1.62. The van der Waals surface area contributed by atoms with Crippen LogP contribution in [-0.2, 0) is 0 Å². The van der Waals surface area contributed by atoms with Gasteiger partial charge < -0.3 is 10.6 Å². The third kappa shape index (κ3) is 3.31. The van der Waals surface area contributed by atoms with E-state index in [0.717, 1.165) is 50.3 Å². The van der Waals surface area contributed by atoms with Crippen molar-refractivity contribution in [3.05, 3.63) is 38.4 Å². The number of anilines is 1. The van der Waals surface area contributed by atoms with E-state index in [2.05, 4.69) is 4.90 Å². The molecule has 0 aromatic carbocycles. The Morgan fingerprint density at radius 1 is 1.25 bits per heavy atom. The average molecular weight is 423 g/mol. The molecule has 1 aromatic heterocycles. The van der Waals surface area contributed by atoms with Crippen LogP contribution in [-0.4, -0.2) is 28.7 Å². The zero-order valence-corrected chi connectivity index (χ0v) is 18.1. The first-order valence-corrected chi connectivity index (χ1v) is 11.0. The summed E-state index contributed by atoms with van der Waals surface area (Å²) in [4.78, 5) is 20.0. The van der Waals surface area contributed by atoms with Crippen molar-refractivity contribution in [1.29, 1.82) is 0 Å². The van der Waals surface area contributed by atoms with Gasteiger partial charge in [0.05, 0.1) is 15.8 Å². The normalized spacial score (nSPS) is 27.5. The van der Waals surface area contributed by atoms with Crippen molar-refractivity contribution in [1.82, 2.24) is 9.55 Å². The van der Waals surface area contributed by atoms with Crippen LogP contribution in [0.3, 0.4) is 0 Å². The average Bonchev–Trinajstić information content (AvgIpc) is 3.01. The summed E-state index contributed by atoms with van der Waals surface area (Å²) in [7, 11) is 0. The van der Waals surface area contributed by atoms with Gasteiger partial charge in [0.1, 0.15) is 11.6 Å². The van der Waals surface area contributed by atoms with E-state index in [1.807, 2.05) is 19.9 Å². The smallest absolute Gasteiger partial charge is 0.259 e. The Hall–Kier alpha value is -1.30. The molecule has 1 aliphatic heterocycles. The Morgan fingerprint density at radius 2 is 1.96 bits per heavy atom. The SMILES string of the molecule is Cc1nc(N2CCC3(CCC[C@H]3N)CC2)cc(=O)n1C1=C(Cl)C(Cl)=CCC1C. The molecule has 0 radical (unpaired) electrons. The molecule has 2 fully saturated rings. The van der Waals surface area contributed by atoms with Gasteiger partial charge in [0.2, 0.25) is 0 Å². The van der Waals surface area contributed by atoms with E-state index in [4.69, 9.17) is 33.9 Å². The molecule has 3 aliphatic rings. The van der Waals surface area contributed by atoms with E-state index < -0.39 is 0 Å². The molecule has 0 bridgehead atoms. The van der Waals surface area contributed by atoms with Crippen molar-refractivity contribution in [2.45, 2.75) is 58.4 Å². The fourth-order valence-corrected chi connectivity index (χ4v) is 5.68. The fourth-order valence-electron chi connectivity index (χ4n) is 5.14. The summed E-state index contributed by atoms with van der Waals surface area (Å²) in [5, 5.41) is 0.940. The largest absolute Gasteiger partial charge is 0.356 e. The summed E-state index contributed by atoms with van der Waals surface area (Å²) in [6.45, 7) is 5.71. The highest BCUT2D eigenvalue weighted by Crippen LogP contribution is 2.46. The van der Waals surface area contributed by atoms with Crippen LogP contribution in [0, 0.1) is 18.3 Å². The zero-order chi connectivity index (χ0) is 20.1. The van der Waals surface area contributed by atoms with Gasteiger partial charge in [-0.1, -0.05) is 42.6 Å². The summed E-state index contributed by atoms with van der Waals surface area (Å²) in [5.74, 6) is 1.51. The van der Waals surface area contributed by atoms with E-state index in [1.54, 1.807) is 10.6 Å². The molecule has 1 spiro atoms. The minimum absolute atomic E-state index is 0.105. The Balaban J connectivity index is 1.62. The van der Waals surface area contributed by atoms with Gasteiger partial charge in [-0.15, -0.1) is 0 Å². The van der Waals surface area contributed by atoms with Gasteiger partial charge >= 0.3 is 0 Å². The number of allylic oxidation sites excluding steroid dienone is 4. The lowest BCUT2D eigenvalue weighted by Gasteiger charge is -2.42. The second kappa shape index (κ2) is 7.51. The molecular formula is C21H28Cl2N4O. The highest BCUT2D eigenvalue weighted by molar-refractivity contribution is 6.45. The lowest BCUT2D eigenvalue weighted by molar-refractivity contribution is 0.197. The zero-order valence-electron chi connectivity index (χ0n) is 16.5. The quantitative estimate of drug-likeness (QED) is 0.774. The maximum absolute atomic E-state index is 13.0. The lowest BCUT2D eigenvalue weighted by Crippen LogP contribution is -2.47. The van der Waals surface area contributed by atoms with Crippen LogP contribution in [0.25, 0.3) is 5.70 Å². The number of aryl methyl sites for hydroxylation is 1. The topological polar surface area (TPSA) is 64.2 Å². The van der Waals surface area contributed by atoms with Gasteiger partial charge in [0, 0.05) is 31.1 Å². The van der Waals surface area contributed by atoms with Crippen molar-refractivity contribution in [2.75, 3.05) is 18.0 Å². The van der Waals surface area contributed by atoms with Crippen molar-refractivity contribution in [2.24, 2.45) is 17.1 Å². The van der Waals surface area contributed by atoms with E-state index >= 15 is 0 Å². The molecule has 0 amide bonds. The maximum atomic E-state index is 13.0. The van der Waals surface area contributed by atoms with Crippen molar-refractivity contribution in [3.63, 3.8) is 0 Å². The Morgan fingerprint density at radius 3 is 2.57 bits per heavy atom. The van der Waals surface area contributed by atoms with Gasteiger partial charge in [-0.25, -0.2) is 4.98 Å². The summed E-state index contributed by atoms with van der Waals surface area (Å²) in [6.07, 6.45) is 8.41. The van der Waals surface area contributed by atoms with Crippen LogP contribution in [0.15, 0.2) is 27.0 Å². The van der Waals surface area contributed by atoms with E-state index in [-0.39, 0.29) is 11.5 Å². The molecule has 2 N–H and O–H groups in total. The van der Waals surface area contributed by atoms with Crippen LogP contribution >= 0.6 is 23.2 Å². The molecular weight excluding hydrogens is 395 g/mol. The molecule has 1 saturated carbocycles. The maximum Gasteiger partial charge on any atom is 0.259 e. The minimum atomic E-state index is -0.105. The van der Waals surface area contributed by atoms with E-state index in [1.165, 1.54) is 12.8 Å². The number of rotatable bonds is 2. The van der Waals surface area contributed by atoms with Crippen LogP contribution in [0.5, 0.6) is 0 Å². The summed E-state index contributed by atoms with van der Waals surface area (Å²) >= 11 is 12.7. The highest BCUT2D eigenvalue weighted by atomic mass is 35.5. The number of halogens is 2. The molecule has 1 saturated heterocycles. The van der Waals surface area contributed by atoms with Crippen molar-refractivity contribution < 1.29 is 0 Å². The second-order valence-electron chi connectivity index (χ2n) is 8.57. The van der Waals surface area contributed by atoms with Crippen molar-refractivity contribution >= 4 is 34.7 Å². The van der Waals surface area contributed by atoms with Gasteiger partial charge in [0.15, 0.2) is 0 Å². The summed E-state index contributed by atoms with van der Waals surface area (Å²) in [5.41, 5.74) is 7.32. The molecule has 1 unspecified atom stereocenters. The van der Waals surface area contributed by atoms with Gasteiger partial charge in [-0.2, -0.15) is 0 Å². The number of piperidine rings is 1. The first-order valence-electron chi connectivity index (χ1n) is 10.2. The molecule has 4 rings (SSSR count). The van der Waals surface area contributed by atoms with E-state index in [9.17, 15) is 4.79 Å². The Bertz CT molecular complexity index is 896. The number of hydrogen-bond donors (Lipinski definition) is 1. The van der Waals surface area contributed by atoms with Crippen LogP contribution in [0.4, 0.5) is 5.82 Å². The molecule has 2 aliphatic carbocycles. The molecule has 2 atom stereocenters. The Labute approximate surface area is 176 Å².